The summed E-state index contributed by atoms with van der Waals surface area (Å²) in [6.45, 7) is 7.88. The summed E-state index contributed by atoms with van der Waals surface area (Å²) >= 11 is 4.39. The fourth-order valence-electron chi connectivity index (χ4n) is 1.69. The van der Waals surface area contributed by atoms with E-state index in [1.54, 1.807) is 0 Å². The van der Waals surface area contributed by atoms with E-state index >= 15 is 0 Å². The van der Waals surface area contributed by atoms with Crippen LogP contribution in [0.25, 0.3) is 5.57 Å². The molecule has 0 aliphatic rings. The van der Waals surface area contributed by atoms with Crippen molar-refractivity contribution in [1.82, 2.24) is 0 Å². The molecule has 0 saturated heterocycles. The van der Waals surface area contributed by atoms with Gasteiger partial charge in [-0.15, -0.1) is 19.2 Å². The third kappa shape index (κ3) is 3.14. The van der Waals surface area contributed by atoms with Crippen LogP contribution in [-0.2, 0) is 6.42 Å². The molecule has 1 heteroatoms. The summed E-state index contributed by atoms with van der Waals surface area (Å²) in [6.07, 6.45) is 9.11. The van der Waals surface area contributed by atoms with Gasteiger partial charge in [-0.1, -0.05) is 30.4 Å². The second kappa shape index (κ2) is 6.39. The summed E-state index contributed by atoms with van der Waals surface area (Å²) in [4.78, 5) is 0.992. The van der Waals surface area contributed by atoms with Crippen molar-refractivity contribution in [2.45, 2.75) is 25.2 Å². The van der Waals surface area contributed by atoms with E-state index in [0.717, 1.165) is 11.3 Å². The Bertz CT molecular complexity index is 425. The standard InChI is InChI=1S/C15H18S/c1-4-7-12(6-3)15-11-14(16)10-9-13(15)8-5-2/h4-7,9-11,16H,2,8H2,1,3H3/b7-4-,12-6+. The number of hydrogen-bond acceptors (Lipinski definition) is 1. The molecular weight excluding hydrogens is 212 g/mol. The summed E-state index contributed by atoms with van der Waals surface area (Å²) in [5.41, 5.74) is 3.77. The maximum Gasteiger partial charge on any atom is 0.00463 e. The molecule has 1 aromatic rings. The Hall–Kier alpha value is -1.21. The van der Waals surface area contributed by atoms with Crippen LogP contribution in [0.3, 0.4) is 0 Å². The van der Waals surface area contributed by atoms with Gasteiger partial charge in [0.1, 0.15) is 0 Å². The summed E-state index contributed by atoms with van der Waals surface area (Å²) in [5, 5.41) is 0. The molecule has 0 aliphatic carbocycles. The van der Waals surface area contributed by atoms with Gasteiger partial charge in [0.15, 0.2) is 0 Å². The molecule has 0 atom stereocenters. The van der Waals surface area contributed by atoms with Crippen LogP contribution < -0.4 is 0 Å². The lowest BCUT2D eigenvalue weighted by Gasteiger charge is -2.09. The van der Waals surface area contributed by atoms with Gasteiger partial charge < -0.3 is 0 Å². The highest BCUT2D eigenvalue weighted by Gasteiger charge is 2.04. The molecule has 0 aromatic heterocycles. The monoisotopic (exact) mass is 230 g/mol. The normalized spacial score (nSPS) is 12.1. The average molecular weight is 230 g/mol. The maximum atomic E-state index is 4.39. The summed E-state index contributed by atoms with van der Waals surface area (Å²) in [7, 11) is 0. The first-order valence-corrected chi connectivity index (χ1v) is 5.89. The molecule has 0 fully saturated rings. The molecule has 0 N–H and O–H groups in total. The SMILES string of the molecule is C=CCc1ccc(S)cc1C(/C=C\C)=C/C. The molecule has 0 saturated carbocycles. The van der Waals surface area contributed by atoms with Crippen LogP contribution in [0.4, 0.5) is 0 Å². The highest BCUT2D eigenvalue weighted by Crippen LogP contribution is 2.24. The molecule has 0 heterocycles. The summed E-state index contributed by atoms with van der Waals surface area (Å²) < 4.78 is 0. The molecule has 16 heavy (non-hydrogen) atoms. The van der Waals surface area contributed by atoms with Gasteiger partial charge in [-0.25, -0.2) is 0 Å². The molecule has 0 spiro atoms. The Labute approximate surface area is 104 Å². The van der Waals surface area contributed by atoms with Crippen LogP contribution >= 0.6 is 12.6 Å². The number of benzene rings is 1. The van der Waals surface area contributed by atoms with Crippen molar-refractivity contribution in [3.05, 3.63) is 60.2 Å². The number of hydrogen-bond donors (Lipinski definition) is 1. The quantitative estimate of drug-likeness (QED) is 0.433. The minimum atomic E-state index is 0.887. The van der Waals surface area contributed by atoms with Gasteiger partial charge in [0, 0.05) is 4.90 Å². The first kappa shape index (κ1) is 12.9. The maximum absolute atomic E-state index is 4.39. The lowest BCUT2D eigenvalue weighted by Crippen LogP contribution is -1.91. The predicted molar refractivity (Wildman–Crippen MR) is 76.1 cm³/mol. The van der Waals surface area contributed by atoms with Gasteiger partial charge >= 0.3 is 0 Å². The van der Waals surface area contributed by atoms with Gasteiger partial charge in [-0.2, -0.15) is 0 Å². The van der Waals surface area contributed by atoms with Gasteiger partial charge in [-0.05, 0) is 49.1 Å². The zero-order valence-corrected chi connectivity index (χ0v) is 10.8. The van der Waals surface area contributed by atoms with Crippen LogP contribution in [0.1, 0.15) is 25.0 Å². The van der Waals surface area contributed by atoms with Crippen molar-refractivity contribution in [2.24, 2.45) is 0 Å². The highest BCUT2D eigenvalue weighted by molar-refractivity contribution is 7.80. The Morgan fingerprint density at radius 3 is 2.69 bits per heavy atom. The molecule has 0 radical (unpaired) electrons. The molecule has 1 aromatic carbocycles. The Kier molecular flexibility index (Phi) is 5.13. The third-order valence-corrected chi connectivity index (χ3v) is 2.70. The number of allylic oxidation sites excluding steroid dienone is 5. The van der Waals surface area contributed by atoms with E-state index in [1.807, 2.05) is 19.1 Å². The second-order valence-electron chi connectivity index (χ2n) is 3.58. The van der Waals surface area contributed by atoms with E-state index in [1.165, 1.54) is 16.7 Å². The molecule has 1 rings (SSSR count). The molecule has 0 unspecified atom stereocenters. The van der Waals surface area contributed by atoms with Gasteiger partial charge in [0.05, 0.1) is 0 Å². The molecule has 0 bridgehead atoms. The van der Waals surface area contributed by atoms with Crippen LogP contribution in [0.15, 0.2) is 54.0 Å². The first-order valence-electron chi connectivity index (χ1n) is 5.45. The zero-order valence-electron chi connectivity index (χ0n) is 9.90. The fourth-order valence-corrected chi connectivity index (χ4v) is 1.89. The summed E-state index contributed by atoms with van der Waals surface area (Å²) in [5.74, 6) is 0. The van der Waals surface area contributed by atoms with E-state index in [0.29, 0.717) is 0 Å². The van der Waals surface area contributed by atoms with E-state index in [-0.39, 0.29) is 0 Å². The largest absolute Gasteiger partial charge is 0.143 e. The van der Waals surface area contributed by atoms with Crippen LogP contribution in [0, 0.1) is 0 Å². The van der Waals surface area contributed by atoms with E-state index in [4.69, 9.17) is 0 Å². The number of rotatable bonds is 4. The highest BCUT2D eigenvalue weighted by atomic mass is 32.1. The Morgan fingerprint density at radius 1 is 1.38 bits per heavy atom. The minimum absolute atomic E-state index is 0.887. The second-order valence-corrected chi connectivity index (χ2v) is 4.09. The molecule has 0 aliphatic heterocycles. The fraction of sp³-hybridized carbons (Fsp3) is 0.200. The van der Waals surface area contributed by atoms with E-state index in [2.05, 4.69) is 56.5 Å². The predicted octanol–water partition coefficient (Wildman–Crippen LogP) is 4.68. The van der Waals surface area contributed by atoms with Crippen LogP contribution in [-0.4, -0.2) is 0 Å². The average Bonchev–Trinajstić information content (AvgIpc) is 2.29. The van der Waals surface area contributed by atoms with Crippen molar-refractivity contribution < 1.29 is 0 Å². The van der Waals surface area contributed by atoms with Gasteiger partial charge in [0.2, 0.25) is 0 Å². The van der Waals surface area contributed by atoms with Crippen molar-refractivity contribution in [3.63, 3.8) is 0 Å². The number of thiol groups is 1. The van der Waals surface area contributed by atoms with Crippen molar-refractivity contribution in [2.75, 3.05) is 0 Å². The minimum Gasteiger partial charge on any atom is -0.143 e. The first-order chi connectivity index (χ1) is 7.72. The van der Waals surface area contributed by atoms with E-state index < -0.39 is 0 Å². The molecule has 84 valence electrons. The van der Waals surface area contributed by atoms with Crippen LogP contribution in [0.5, 0.6) is 0 Å². The molecule has 0 amide bonds. The van der Waals surface area contributed by atoms with Crippen molar-refractivity contribution in [3.8, 4) is 0 Å². The zero-order chi connectivity index (χ0) is 12.0. The van der Waals surface area contributed by atoms with E-state index in [9.17, 15) is 0 Å². The van der Waals surface area contributed by atoms with Gasteiger partial charge in [-0.3, -0.25) is 0 Å². The third-order valence-electron chi connectivity index (χ3n) is 2.43. The van der Waals surface area contributed by atoms with Gasteiger partial charge in [0.25, 0.3) is 0 Å². The smallest absolute Gasteiger partial charge is 0.00463 e. The Balaban J connectivity index is 3.27. The van der Waals surface area contributed by atoms with Crippen LogP contribution in [0.2, 0.25) is 0 Å². The topological polar surface area (TPSA) is 0 Å². The molecular formula is C15H18S. The Morgan fingerprint density at radius 2 is 2.12 bits per heavy atom. The lowest BCUT2D eigenvalue weighted by atomic mass is 9.97. The lowest BCUT2D eigenvalue weighted by molar-refractivity contribution is 1.23. The van der Waals surface area contributed by atoms with Crippen molar-refractivity contribution >= 4 is 18.2 Å². The van der Waals surface area contributed by atoms with Crippen molar-refractivity contribution in [1.29, 1.82) is 0 Å². The molecule has 0 nitrogen and oxygen atoms in total. The summed E-state index contributed by atoms with van der Waals surface area (Å²) in [6, 6.07) is 6.25.